The minimum Gasteiger partial charge on any atom is -0.0952 e. The van der Waals surface area contributed by atoms with Crippen molar-refractivity contribution in [1.82, 2.24) is 0 Å². The molecular weight excluding hydrogens is 96.1 g/mol. The molecule has 1 unspecified atom stereocenters. The average Bonchev–Trinajstić information content (AvgIpc) is 2.23. The lowest BCUT2D eigenvalue weighted by molar-refractivity contribution is 0.852. The lowest BCUT2D eigenvalue weighted by Crippen LogP contribution is -1.86. The van der Waals surface area contributed by atoms with Gasteiger partial charge in [-0.25, -0.2) is 0 Å². The van der Waals surface area contributed by atoms with Gasteiger partial charge in [-0.2, -0.15) is 0 Å². The standard InChI is InChI=1S/C8H8/c1-6-4-7-2-3-8(6)5-7/h2-4,8H,1,5H2. The molecule has 40 valence electrons. The third-order valence-electron chi connectivity index (χ3n) is 1.85. The van der Waals surface area contributed by atoms with Gasteiger partial charge in [-0.1, -0.05) is 24.8 Å². The quantitative estimate of drug-likeness (QED) is 0.441. The van der Waals surface area contributed by atoms with E-state index >= 15 is 0 Å². The van der Waals surface area contributed by atoms with Gasteiger partial charge < -0.3 is 0 Å². The summed E-state index contributed by atoms with van der Waals surface area (Å²) in [5, 5.41) is 0. The molecule has 2 rings (SSSR count). The second-order valence-corrected chi connectivity index (χ2v) is 2.46. The highest BCUT2D eigenvalue weighted by molar-refractivity contribution is 5.45. The van der Waals surface area contributed by atoms with Crippen molar-refractivity contribution < 1.29 is 0 Å². The van der Waals surface area contributed by atoms with E-state index < -0.39 is 0 Å². The van der Waals surface area contributed by atoms with Crippen LogP contribution in [0.2, 0.25) is 0 Å². The molecule has 1 atom stereocenters. The molecule has 0 fully saturated rings. The average molecular weight is 104 g/mol. The summed E-state index contributed by atoms with van der Waals surface area (Å²) >= 11 is 0. The zero-order valence-electron chi connectivity index (χ0n) is 4.72. The zero-order chi connectivity index (χ0) is 5.56. The molecule has 0 aromatic rings. The van der Waals surface area contributed by atoms with Crippen molar-refractivity contribution >= 4 is 0 Å². The normalized spacial score (nSPS) is 31.8. The first kappa shape index (κ1) is 4.13. The maximum atomic E-state index is 3.91. The minimum atomic E-state index is 0.671. The van der Waals surface area contributed by atoms with Crippen LogP contribution in [0.3, 0.4) is 0 Å². The number of hydrogen-bond acceptors (Lipinski definition) is 0. The van der Waals surface area contributed by atoms with Crippen molar-refractivity contribution in [1.29, 1.82) is 0 Å². The molecule has 0 heteroatoms. The second-order valence-electron chi connectivity index (χ2n) is 2.46. The molecule has 0 spiro atoms. The maximum absolute atomic E-state index is 3.91. The highest BCUT2D eigenvalue weighted by Gasteiger charge is 2.20. The summed E-state index contributed by atoms with van der Waals surface area (Å²) < 4.78 is 0. The van der Waals surface area contributed by atoms with Gasteiger partial charge in [0.25, 0.3) is 0 Å². The fourth-order valence-corrected chi connectivity index (χ4v) is 1.34. The zero-order valence-corrected chi connectivity index (χ0v) is 4.72. The van der Waals surface area contributed by atoms with Crippen molar-refractivity contribution in [3.8, 4) is 0 Å². The van der Waals surface area contributed by atoms with Crippen molar-refractivity contribution in [2.24, 2.45) is 5.92 Å². The molecule has 0 heterocycles. The van der Waals surface area contributed by atoms with E-state index in [2.05, 4.69) is 24.8 Å². The Kier molecular flexibility index (Phi) is 0.587. The summed E-state index contributed by atoms with van der Waals surface area (Å²) in [7, 11) is 0. The van der Waals surface area contributed by atoms with Gasteiger partial charge in [0, 0.05) is 5.92 Å². The summed E-state index contributed by atoms with van der Waals surface area (Å²) in [6.07, 6.45) is 7.83. The number of hydrogen-bond donors (Lipinski definition) is 0. The minimum absolute atomic E-state index is 0.671. The van der Waals surface area contributed by atoms with Crippen LogP contribution in [0.1, 0.15) is 6.42 Å². The Morgan fingerprint density at radius 1 is 1.62 bits per heavy atom. The molecule has 0 aromatic heterocycles. The Labute approximate surface area is 49.2 Å². The summed E-state index contributed by atoms with van der Waals surface area (Å²) in [5.41, 5.74) is 2.75. The molecular formula is C8H8. The van der Waals surface area contributed by atoms with E-state index in [1.807, 2.05) is 0 Å². The fraction of sp³-hybridized carbons (Fsp3) is 0.250. The van der Waals surface area contributed by atoms with Gasteiger partial charge in [0.15, 0.2) is 0 Å². The van der Waals surface area contributed by atoms with Gasteiger partial charge in [-0.15, -0.1) is 0 Å². The predicted octanol–water partition coefficient (Wildman–Crippen LogP) is 2.06. The molecule has 0 amide bonds. The Bertz CT molecular complexity index is 194. The van der Waals surface area contributed by atoms with Crippen LogP contribution >= 0.6 is 0 Å². The van der Waals surface area contributed by atoms with E-state index in [1.54, 1.807) is 0 Å². The van der Waals surface area contributed by atoms with E-state index in [9.17, 15) is 0 Å². The topological polar surface area (TPSA) is 0 Å². The van der Waals surface area contributed by atoms with Crippen LogP contribution in [0.15, 0.2) is 36.0 Å². The van der Waals surface area contributed by atoms with Gasteiger partial charge >= 0.3 is 0 Å². The Morgan fingerprint density at radius 2 is 2.50 bits per heavy atom. The van der Waals surface area contributed by atoms with Crippen LogP contribution < -0.4 is 0 Å². The van der Waals surface area contributed by atoms with E-state index in [1.165, 1.54) is 17.6 Å². The second kappa shape index (κ2) is 1.13. The monoisotopic (exact) mass is 104 g/mol. The summed E-state index contributed by atoms with van der Waals surface area (Å²) in [6, 6.07) is 0. The summed E-state index contributed by atoms with van der Waals surface area (Å²) in [6.45, 7) is 3.91. The van der Waals surface area contributed by atoms with Crippen LogP contribution in [-0.4, -0.2) is 0 Å². The number of fused-ring (bicyclic) bond motifs is 2. The van der Waals surface area contributed by atoms with Gasteiger partial charge in [0.1, 0.15) is 0 Å². The lowest BCUT2D eigenvalue weighted by Gasteiger charge is -1.98. The third-order valence-corrected chi connectivity index (χ3v) is 1.85. The van der Waals surface area contributed by atoms with Gasteiger partial charge in [0.05, 0.1) is 0 Å². The molecule has 0 radical (unpaired) electrons. The molecule has 0 aliphatic heterocycles. The largest absolute Gasteiger partial charge is 0.0952 e. The molecule has 0 nitrogen and oxygen atoms in total. The molecule has 0 saturated heterocycles. The van der Waals surface area contributed by atoms with Gasteiger partial charge in [0.2, 0.25) is 0 Å². The number of allylic oxidation sites excluding steroid dienone is 5. The Balaban J connectivity index is 2.52. The molecule has 2 aliphatic carbocycles. The predicted molar refractivity (Wildman–Crippen MR) is 34.5 cm³/mol. The fourth-order valence-electron chi connectivity index (χ4n) is 1.34. The van der Waals surface area contributed by atoms with E-state index in [0.29, 0.717) is 5.92 Å². The van der Waals surface area contributed by atoms with Gasteiger partial charge in [-0.3, -0.25) is 0 Å². The molecule has 0 N–H and O–H groups in total. The third kappa shape index (κ3) is 0.353. The smallest absolute Gasteiger partial charge is 0.00558 e. The van der Waals surface area contributed by atoms with Crippen LogP contribution in [-0.2, 0) is 0 Å². The SMILES string of the molecule is C=C1C=C2C=CC1C2. The molecule has 0 aromatic carbocycles. The molecule has 2 bridgehead atoms. The first-order valence-corrected chi connectivity index (χ1v) is 2.94. The maximum Gasteiger partial charge on any atom is 0.00558 e. The van der Waals surface area contributed by atoms with Crippen molar-refractivity contribution in [3.05, 3.63) is 36.0 Å². The van der Waals surface area contributed by atoms with Crippen LogP contribution in [0.25, 0.3) is 0 Å². The molecule has 8 heavy (non-hydrogen) atoms. The summed E-state index contributed by atoms with van der Waals surface area (Å²) in [5.74, 6) is 0.671. The van der Waals surface area contributed by atoms with Crippen LogP contribution in [0.5, 0.6) is 0 Å². The first-order chi connectivity index (χ1) is 3.86. The van der Waals surface area contributed by atoms with Crippen LogP contribution in [0.4, 0.5) is 0 Å². The van der Waals surface area contributed by atoms with Gasteiger partial charge in [-0.05, 0) is 17.6 Å². The molecule has 2 aliphatic rings. The highest BCUT2D eigenvalue weighted by atomic mass is 14.2. The van der Waals surface area contributed by atoms with Crippen molar-refractivity contribution in [3.63, 3.8) is 0 Å². The molecule has 0 saturated carbocycles. The summed E-state index contributed by atoms with van der Waals surface area (Å²) in [4.78, 5) is 0. The number of rotatable bonds is 0. The highest BCUT2D eigenvalue weighted by Crippen LogP contribution is 2.36. The van der Waals surface area contributed by atoms with E-state index in [-0.39, 0.29) is 0 Å². The van der Waals surface area contributed by atoms with Crippen molar-refractivity contribution in [2.45, 2.75) is 6.42 Å². The Morgan fingerprint density at radius 3 is 2.75 bits per heavy atom. The van der Waals surface area contributed by atoms with Crippen LogP contribution in [0, 0.1) is 5.92 Å². The van der Waals surface area contributed by atoms with E-state index in [4.69, 9.17) is 0 Å². The van der Waals surface area contributed by atoms with E-state index in [0.717, 1.165) is 0 Å². The lowest BCUT2D eigenvalue weighted by atomic mass is 10.1. The Hall–Kier alpha value is -0.780. The first-order valence-electron chi connectivity index (χ1n) is 2.94. The van der Waals surface area contributed by atoms with Crippen molar-refractivity contribution in [2.75, 3.05) is 0 Å².